The van der Waals surface area contributed by atoms with Crippen LogP contribution in [0.25, 0.3) is 0 Å². The van der Waals surface area contributed by atoms with Crippen molar-refractivity contribution in [1.82, 2.24) is 0 Å². The van der Waals surface area contributed by atoms with Gasteiger partial charge in [-0.25, -0.2) is 0 Å². The number of hydrogen-bond donors (Lipinski definition) is 0. The third-order valence-electron chi connectivity index (χ3n) is 1.72. The predicted octanol–water partition coefficient (Wildman–Crippen LogP) is 3.65. The fraction of sp³-hybridized carbons (Fsp3) is 0.125. The number of halogens is 5. The van der Waals surface area contributed by atoms with Gasteiger partial charge in [-0.05, 0) is 12.1 Å². The van der Waals surface area contributed by atoms with Crippen LogP contribution < -0.4 is 0 Å². The van der Waals surface area contributed by atoms with Crippen LogP contribution in [-0.2, 0) is 0 Å². The highest BCUT2D eigenvalue weighted by Gasteiger charge is 2.40. The van der Waals surface area contributed by atoms with Crippen LogP contribution in [0.3, 0.4) is 0 Å². The molecule has 0 amide bonds. The Labute approximate surface area is 102 Å². The molecule has 0 heterocycles. The number of hydrogen-bond acceptors (Lipinski definition) is 3. The summed E-state index contributed by atoms with van der Waals surface area (Å²) in [5.74, 6) is -2.17. The molecule has 1 rings (SSSR count). The highest BCUT2D eigenvalue weighted by atomic mass is 35.5. The average molecular weight is 288 g/mol. The molecule has 0 N–H and O–H groups in total. The molecule has 0 aromatic heterocycles. The molecule has 1 aromatic rings. The average Bonchev–Trinajstić information content (AvgIpc) is 2.13. The van der Waals surface area contributed by atoms with Crippen LogP contribution >= 0.6 is 23.2 Å². The molecule has 92 valence electrons. The highest BCUT2D eigenvalue weighted by Crippen LogP contribution is 2.35. The van der Waals surface area contributed by atoms with E-state index in [-0.39, 0.29) is 0 Å². The van der Waals surface area contributed by atoms with Crippen molar-refractivity contribution in [3.8, 4) is 0 Å². The molecule has 0 spiro atoms. The summed E-state index contributed by atoms with van der Waals surface area (Å²) in [5.41, 5.74) is -1.59. The second-order valence-corrected chi connectivity index (χ2v) is 3.69. The van der Waals surface area contributed by atoms with Gasteiger partial charge in [-0.15, -0.1) is 0 Å². The number of Topliss-reactive ketones (excluding diaryl/α,β-unsaturated/α-hetero) is 1. The number of carbonyl (C=O) groups excluding carboxylic acids is 1. The molecule has 0 atom stereocenters. The molecule has 0 fully saturated rings. The third kappa shape index (κ3) is 2.86. The van der Waals surface area contributed by atoms with Gasteiger partial charge in [0.1, 0.15) is 10.0 Å². The van der Waals surface area contributed by atoms with Gasteiger partial charge < -0.3 is 0 Å². The summed E-state index contributed by atoms with van der Waals surface area (Å²) < 4.78 is 36.3. The number of carbonyl (C=O) groups is 1. The molecule has 1 aromatic carbocycles. The summed E-state index contributed by atoms with van der Waals surface area (Å²) in [7, 11) is 0. The van der Waals surface area contributed by atoms with E-state index in [2.05, 4.69) is 0 Å². The van der Waals surface area contributed by atoms with Gasteiger partial charge in [0, 0.05) is 5.56 Å². The Hall–Kier alpha value is -1.34. The van der Waals surface area contributed by atoms with Crippen LogP contribution in [0.1, 0.15) is 10.4 Å². The zero-order valence-corrected chi connectivity index (χ0v) is 9.23. The van der Waals surface area contributed by atoms with E-state index in [0.29, 0.717) is 12.1 Å². The summed E-state index contributed by atoms with van der Waals surface area (Å²) in [4.78, 5) is 20.3. The SMILES string of the molecule is O=C(c1cc(Cl)c([N+](=O)[O-])c(Cl)c1)C(F)(F)F. The monoisotopic (exact) mass is 287 g/mol. The fourth-order valence-electron chi connectivity index (χ4n) is 1.03. The highest BCUT2D eigenvalue weighted by molar-refractivity contribution is 6.38. The Morgan fingerprint density at radius 1 is 1.24 bits per heavy atom. The van der Waals surface area contributed by atoms with Crippen molar-refractivity contribution in [3.63, 3.8) is 0 Å². The van der Waals surface area contributed by atoms with Gasteiger partial charge in [-0.3, -0.25) is 14.9 Å². The molecule has 0 aliphatic carbocycles. The Balaban J connectivity index is 3.34. The van der Waals surface area contributed by atoms with Crippen LogP contribution in [0.15, 0.2) is 12.1 Å². The van der Waals surface area contributed by atoms with Gasteiger partial charge in [0.25, 0.3) is 5.78 Å². The van der Waals surface area contributed by atoms with E-state index in [0.717, 1.165) is 0 Å². The normalized spacial score (nSPS) is 11.4. The summed E-state index contributed by atoms with van der Waals surface area (Å²) >= 11 is 10.8. The van der Waals surface area contributed by atoms with Crippen molar-refractivity contribution in [1.29, 1.82) is 0 Å². The summed E-state index contributed by atoms with van der Waals surface area (Å²) in [6, 6.07) is 1.11. The molecule has 0 aliphatic rings. The number of nitro groups is 1. The molecule has 0 saturated heterocycles. The molecule has 0 bridgehead atoms. The zero-order chi connectivity index (χ0) is 13.4. The molecule has 0 radical (unpaired) electrons. The summed E-state index contributed by atoms with van der Waals surface area (Å²) in [6.45, 7) is 0. The molecular formula is C8H2Cl2F3NO3. The van der Waals surface area contributed by atoms with Crippen molar-refractivity contribution < 1.29 is 22.9 Å². The lowest BCUT2D eigenvalue weighted by Gasteiger charge is -2.06. The molecule has 0 aliphatic heterocycles. The van der Waals surface area contributed by atoms with Crippen LogP contribution in [-0.4, -0.2) is 16.9 Å². The summed E-state index contributed by atoms with van der Waals surface area (Å²) in [5, 5.41) is 9.19. The lowest BCUT2D eigenvalue weighted by molar-refractivity contribution is -0.384. The lowest BCUT2D eigenvalue weighted by Crippen LogP contribution is -2.22. The summed E-state index contributed by atoms with van der Waals surface area (Å²) in [6.07, 6.45) is -5.09. The smallest absolute Gasteiger partial charge is 0.284 e. The number of alkyl halides is 3. The van der Waals surface area contributed by atoms with Crippen molar-refractivity contribution in [3.05, 3.63) is 37.9 Å². The molecule has 4 nitrogen and oxygen atoms in total. The minimum atomic E-state index is -5.09. The van der Waals surface area contributed by atoms with E-state index in [1.165, 1.54) is 0 Å². The largest absolute Gasteiger partial charge is 0.454 e. The first-order valence-corrected chi connectivity index (χ1v) is 4.65. The molecule has 9 heteroatoms. The Bertz CT molecular complexity index is 478. The number of ketones is 1. The van der Waals surface area contributed by atoms with Crippen molar-refractivity contribution >= 4 is 34.7 Å². The number of benzene rings is 1. The van der Waals surface area contributed by atoms with Gasteiger partial charge in [-0.1, -0.05) is 23.2 Å². The first kappa shape index (κ1) is 13.7. The first-order chi connectivity index (χ1) is 7.64. The minimum Gasteiger partial charge on any atom is -0.284 e. The van der Waals surface area contributed by atoms with Crippen molar-refractivity contribution in [2.75, 3.05) is 0 Å². The fourth-order valence-corrected chi connectivity index (χ4v) is 1.66. The van der Waals surface area contributed by atoms with Crippen LogP contribution in [0, 0.1) is 10.1 Å². The second-order valence-electron chi connectivity index (χ2n) is 2.87. The topological polar surface area (TPSA) is 60.2 Å². The van der Waals surface area contributed by atoms with E-state index < -0.39 is 38.2 Å². The quantitative estimate of drug-likeness (QED) is 0.474. The predicted molar refractivity (Wildman–Crippen MR) is 53.5 cm³/mol. The molecule has 0 saturated carbocycles. The van der Waals surface area contributed by atoms with E-state index in [9.17, 15) is 28.1 Å². The Kier molecular flexibility index (Phi) is 3.63. The van der Waals surface area contributed by atoms with Crippen molar-refractivity contribution in [2.45, 2.75) is 6.18 Å². The maximum atomic E-state index is 12.1. The first-order valence-electron chi connectivity index (χ1n) is 3.89. The van der Waals surface area contributed by atoms with E-state index in [4.69, 9.17) is 23.2 Å². The third-order valence-corrected chi connectivity index (χ3v) is 2.30. The van der Waals surface area contributed by atoms with Gasteiger partial charge in [0.2, 0.25) is 0 Å². The lowest BCUT2D eigenvalue weighted by atomic mass is 10.1. The van der Waals surface area contributed by atoms with Gasteiger partial charge >= 0.3 is 11.9 Å². The van der Waals surface area contributed by atoms with E-state index in [1.54, 1.807) is 0 Å². The molecule has 17 heavy (non-hydrogen) atoms. The Morgan fingerprint density at radius 3 is 1.94 bits per heavy atom. The maximum absolute atomic E-state index is 12.1. The minimum absolute atomic E-state index is 0.557. The van der Waals surface area contributed by atoms with Gasteiger partial charge in [-0.2, -0.15) is 13.2 Å². The second kappa shape index (κ2) is 4.50. The van der Waals surface area contributed by atoms with Gasteiger partial charge in [0.05, 0.1) is 4.92 Å². The van der Waals surface area contributed by atoms with Crippen LogP contribution in [0.5, 0.6) is 0 Å². The zero-order valence-electron chi connectivity index (χ0n) is 7.72. The van der Waals surface area contributed by atoms with E-state index >= 15 is 0 Å². The molecular weight excluding hydrogens is 286 g/mol. The maximum Gasteiger partial charge on any atom is 0.454 e. The number of nitrogens with zero attached hydrogens (tertiary/aromatic N) is 1. The number of rotatable bonds is 2. The van der Waals surface area contributed by atoms with Crippen molar-refractivity contribution in [2.24, 2.45) is 0 Å². The van der Waals surface area contributed by atoms with Gasteiger partial charge in [0.15, 0.2) is 0 Å². The standard InChI is InChI=1S/C8H2Cl2F3NO3/c9-4-1-3(7(15)8(11,12)13)2-5(10)6(4)14(16)17/h1-2H. The molecule has 0 unspecified atom stereocenters. The van der Waals surface area contributed by atoms with E-state index in [1.807, 2.05) is 0 Å². The number of nitro benzene ring substituents is 1. The van der Waals surface area contributed by atoms with Crippen LogP contribution in [0.4, 0.5) is 18.9 Å². The Morgan fingerprint density at radius 2 is 1.65 bits per heavy atom. The van der Waals surface area contributed by atoms with Crippen LogP contribution in [0.2, 0.25) is 10.0 Å².